The number of para-hydroxylation sites is 2. The van der Waals surface area contributed by atoms with Gasteiger partial charge in [0.25, 0.3) is 0 Å². The summed E-state index contributed by atoms with van der Waals surface area (Å²) in [5, 5.41) is 3.22. The summed E-state index contributed by atoms with van der Waals surface area (Å²) in [7, 11) is 0. The van der Waals surface area contributed by atoms with Crippen molar-refractivity contribution in [1.82, 2.24) is 4.57 Å². The van der Waals surface area contributed by atoms with Crippen molar-refractivity contribution >= 4 is 33.4 Å². The predicted molar refractivity (Wildman–Crippen MR) is 121 cm³/mol. The van der Waals surface area contributed by atoms with Gasteiger partial charge in [-0.1, -0.05) is 83.9 Å². The van der Waals surface area contributed by atoms with Crippen LogP contribution in [0, 0.1) is 13.8 Å². The smallest absolute Gasteiger partial charge is 0.0569 e. The SMILES string of the molecule is Cc1cccc(-c2cccc(C)c2-n2c3ccccc3c3ccc(Cl)cc32)c1. The van der Waals surface area contributed by atoms with Crippen molar-refractivity contribution in [2.45, 2.75) is 13.8 Å². The number of halogens is 1. The molecule has 5 rings (SSSR count). The Balaban J connectivity index is 1.95. The number of aromatic nitrogens is 1. The monoisotopic (exact) mass is 381 g/mol. The molecule has 1 aromatic heterocycles. The topological polar surface area (TPSA) is 4.93 Å². The highest BCUT2D eigenvalue weighted by atomic mass is 35.5. The van der Waals surface area contributed by atoms with Crippen LogP contribution in [-0.2, 0) is 0 Å². The summed E-state index contributed by atoms with van der Waals surface area (Å²) < 4.78 is 2.36. The molecule has 0 saturated carbocycles. The highest BCUT2D eigenvalue weighted by molar-refractivity contribution is 6.31. The first-order chi connectivity index (χ1) is 13.6. The van der Waals surface area contributed by atoms with Gasteiger partial charge < -0.3 is 4.57 Å². The van der Waals surface area contributed by atoms with Gasteiger partial charge >= 0.3 is 0 Å². The van der Waals surface area contributed by atoms with Crippen molar-refractivity contribution in [3.8, 4) is 16.8 Å². The number of rotatable bonds is 2. The highest BCUT2D eigenvalue weighted by Crippen LogP contribution is 2.38. The van der Waals surface area contributed by atoms with Gasteiger partial charge in [-0.05, 0) is 43.2 Å². The van der Waals surface area contributed by atoms with E-state index in [1.165, 1.54) is 44.2 Å². The quantitative estimate of drug-likeness (QED) is 0.295. The van der Waals surface area contributed by atoms with Gasteiger partial charge in [-0.15, -0.1) is 0 Å². The molecule has 0 atom stereocenters. The predicted octanol–water partition coefficient (Wildman–Crippen LogP) is 7.72. The Labute approximate surface area is 169 Å². The lowest BCUT2D eigenvalue weighted by Gasteiger charge is -2.17. The fraction of sp³-hybridized carbons (Fsp3) is 0.0769. The summed E-state index contributed by atoms with van der Waals surface area (Å²) in [5.41, 5.74) is 8.50. The van der Waals surface area contributed by atoms with Crippen molar-refractivity contribution < 1.29 is 0 Å². The molecule has 5 aromatic rings. The maximum absolute atomic E-state index is 6.41. The zero-order chi connectivity index (χ0) is 19.3. The summed E-state index contributed by atoms with van der Waals surface area (Å²) in [6, 6.07) is 30.0. The molecule has 0 fully saturated rings. The van der Waals surface area contributed by atoms with Crippen LogP contribution in [0.1, 0.15) is 11.1 Å². The summed E-state index contributed by atoms with van der Waals surface area (Å²) in [4.78, 5) is 0. The molecule has 0 unspecified atom stereocenters. The van der Waals surface area contributed by atoms with Crippen molar-refractivity contribution in [1.29, 1.82) is 0 Å². The zero-order valence-corrected chi connectivity index (χ0v) is 16.7. The Bertz CT molecular complexity index is 1340. The van der Waals surface area contributed by atoms with Crippen LogP contribution in [0.5, 0.6) is 0 Å². The third-order valence-corrected chi connectivity index (χ3v) is 5.66. The maximum atomic E-state index is 6.41. The average molecular weight is 382 g/mol. The highest BCUT2D eigenvalue weighted by Gasteiger charge is 2.17. The molecule has 1 heterocycles. The van der Waals surface area contributed by atoms with Gasteiger partial charge in [0.05, 0.1) is 16.7 Å². The van der Waals surface area contributed by atoms with E-state index in [2.05, 4.69) is 97.3 Å². The standard InChI is InChI=1S/C26H20ClN/c1-17-7-5-9-19(15-17)21-11-6-8-18(2)26(21)28-24-12-4-3-10-22(24)23-14-13-20(27)16-25(23)28/h3-16H,1-2H3. The minimum Gasteiger partial charge on any atom is -0.308 e. The fourth-order valence-corrected chi connectivity index (χ4v) is 4.35. The molecule has 0 radical (unpaired) electrons. The molecule has 0 saturated heterocycles. The van der Waals surface area contributed by atoms with Crippen LogP contribution in [0.15, 0.2) is 84.9 Å². The lowest BCUT2D eigenvalue weighted by atomic mass is 9.98. The first-order valence-corrected chi connectivity index (χ1v) is 9.87. The largest absolute Gasteiger partial charge is 0.308 e. The Morgan fingerprint density at radius 3 is 2.32 bits per heavy atom. The maximum Gasteiger partial charge on any atom is 0.0569 e. The van der Waals surface area contributed by atoms with Crippen molar-refractivity contribution in [2.75, 3.05) is 0 Å². The van der Waals surface area contributed by atoms with E-state index in [0.29, 0.717) is 0 Å². The normalized spacial score (nSPS) is 11.4. The third kappa shape index (κ3) is 2.63. The number of benzene rings is 4. The third-order valence-electron chi connectivity index (χ3n) is 5.43. The molecule has 0 aliphatic carbocycles. The summed E-state index contributed by atoms with van der Waals surface area (Å²) >= 11 is 6.41. The minimum atomic E-state index is 0.752. The van der Waals surface area contributed by atoms with Crippen molar-refractivity contribution in [3.05, 3.63) is 101 Å². The van der Waals surface area contributed by atoms with Crippen molar-refractivity contribution in [3.63, 3.8) is 0 Å². The molecule has 1 nitrogen and oxygen atoms in total. The molecule has 0 N–H and O–H groups in total. The van der Waals surface area contributed by atoms with E-state index >= 15 is 0 Å². The van der Waals surface area contributed by atoms with E-state index < -0.39 is 0 Å². The molecule has 2 heteroatoms. The molecule has 0 aliphatic heterocycles. The molecule has 0 aliphatic rings. The van der Waals surface area contributed by atoms with Crippen molar-refractivity contribution in [2.24, 2.45) is 0 Å². The van der Waals surface area contributed by atoms with Crippen LogP contribution in [-0.4, -0.2) is 4.57 Å². The lowest BCUT2D eigenvalue weighted by Crippen LogP contribution is -2.00. The van der Waals surface area contributed by atoms with Gasteiger partial charge in [-0.3, -0.25) is 0 Å². The van der Waals surface area contributed by atoms with Crippen LogP contribution >= 0.6 is 11.6 Å². The van der Waals surface area contributed by atoms with E-state index in [0.717, 1.165) is 10.5 Å². The van der Waals surface area contributed by atoms with Crippen LogP contribution in [0.4, 0.5) is 0 Å². The number of hydrogen-bond donors (Lipinski definition) is 0. The van der Waals surface area contributed by atoms with E-state index in [4.69, 9.17) is 11.6 Å². The Kier molecular flexibility index (Phi) is 3.99. The molecule has 136 valence electrons. The van der Waals surface area contributed by atoms with Gasteiger partial charge in [-0.25, -0.2) is 0 Å². The van der Waals surface area contributed by atoms with Gasteiger partial charge in [0.15, 0.2) is 0 Å². The van der Waals surface area contributed by atoms with E-state index in [1.807, 2.05) is 6.07 Å². The Hall–Kier alpha value is -3.03. The number of fused-ring (bicyclic) bond motifs is 3. The van der Waals surface area contributed by atoms with Crippen LogP contribution in [0.25, 0.3) is 38.6 Å². The lowest BCUT2D eigenvalue weighted by molar-refractivity contribution is 1.15. The Morgan fingerprint density at radius 1 is 0.679 bits per heavy atom. The first-order valence-electron chi connectivity index (χ1n) is 9.49. The Morgan fingerprint density at radius 2 is 1.46 bits per heavy atom. The van der Waals surface area contributed by atoms with Crippen LogP contribution < -0.4 is 0 Å². The number of aryl methyl sites for hydroxylation is 2. The number of nitrogens with zero attached hydrogens (tertiary/aromatic N) is 1. The first kappa shape index (κ1) is 17.1. The van der Waals surface area contributed by atoms with E-state index in [1.54, 1.807) is 0 Å². The molecule has 4 aromatic carbocycles. The molecular weight excluding hydrogens is 362 g/mol. The van der Waals surface area contributed by atoms with Gasteiger partial charge in [0.2, 0.25) is 0 Å². The van der Waals surface area contributed by atoms with Gasteiger partial charge in [0, 0.05) is 21.4 Å². The molecule has 0 amide bonds. The zero-order valence-electron chi connectivity index (χ0n) is 15.9. The summed E-state index contributed by atoms with van der Waals surface area (Å²) in [5.74, 6) is 0. The van der Waals surface area contributed by atoms with E-state index in [-0.39, 0.29) is 0 Å². The average Bonchev–Trinajstić information content (AvgIpc) is 3.01. The second-order valence-electron chi connectivity index (χ2n) is 7.35. The van der Waals surface area contributed by atoms with Gasteiger partial charge in [0.1, 0.15) is 0 Å². The fourth-order valence-electron chi connectivity index (χ4n) is 4.19. The summed E-state index contributed by atoms with van der Waals surface area (Å²) in [6.45, 7) is 4.32. The second-order valence-corrected chi connectivity index (χ2v) is 7.79. The number of hydrogen-bond acceptors (Lipinski definition) is 0. The minimum absolute atomic E-state index is 0.752. The molecule has 28 heavy (non-hydrogen) atoms. The second kappa shape index (κ2) is 6.54. The summed E-state index contributed by atoms with van der Waals surface area (Å²) in [6.07, 6.45) is 0. The molecule has 0 spiro atoms. The van der Waals surface area contributed by atoms with E-state index in [9.17, 15) is 0 Å². The molecule has 0 bridgehead atoms. The van der Waals surface area contributed by atoms with Crippen LogP contribution in [0.2, 0.25) is 5.02 Å². The van der Waals surface area contributed by atoms with Crippen LogP contribution in [0.3, 0.4) is 0 Å². The molecular formula is C26H20ClN. The van der Waals surface area contributed by atoms with Gasteiger partial charge in [-0.2, -0.15) is 0 Å².